The molecule has 3 heteroatoms. The molecule has 0 bridgehead atoms. The van der Waals surface area contributed by atoms with Crippen LogP contribution in [-0.4, -0.2) is 20.5 Å². The highest BCUT2D eigenvalue weighted by atomic mass is 16.7. The van der Waals surface area contributed by atoms with Crippen LogP contribution < -0.4 is 9.47 Å². The second-order valence-corrected chi connectivity index (χ2v) is 2.85. The van der Waals surface area contributed by atoms with Crippen molar-refractivity contribution in [2.75, 3.05) is 20.5 Å². The molecule has 0 radical (unpaired) electrons. The van der Waals surface area contributed by atoms with E-state index in [9.17, 15) is 0 Å². The number of hydrogen-bond donors (Lipinski definition) is 0. The second kappa shape index (κ2) is 4.15. The minimum atomic E-state index is -0.0170. The van der Waals surface area contributed by atoms with Crippen molar-refractivity contribution in [1.82, 2.24) is 0 Å². The van der Waals surface area contributed by atoms with Crippen LogP contribution in [-0.2, 0) is 4.74 Å². The monoisotopic (exact) mass is 193 g/mol. The number of para-hydroxylation sites is 1. The molecule has 74 valence electrons. The van der Waals surface area contributed by atoms with Crippen molar-refractivity contribution in [2.45, 2.75) is 0 Å². The molecule has 1 aromatic carbocycles. The van der Waals surface area contributed by atoms with Gasteiger partial charge in [0, 0.05) is 12.6 Å². The minimum absolute atomic E-state index is 0.0170. The predicted octanol–water partition coefficient (Wildman–Crippen LogP) is 2.07. The second-order valence-electron chi connectivity index (χ2n) is 2.85. The molecule has 0 fully saturated rings. The first kappa shape index (κ1) is 7.88. The van der Waals surface area contributed by atoms with E-state index in [2.05, 4.69) is 0 Å². The third kappa shape index (κ3) is 1.72. The van der Waals surface area contributed by atoms with E-state index in [-0.39, 0.29) is 13.9 Å². The Morgan fingerprint density at radius 1 is 1.57 bits per heavy atom. The van der Waals surface area contributed by atoms with Crippen molar-refractivity contribution < 1.29 is 15.6 Å². The molecule has 0 atom stereocenters. The SMILES string of the molecule is [2H]COCC=Cc1cccc2c1OCO2. The first-order valence-electron chi connectivity index (χ1n) is 5.04. The molecule has 3 nitrogen and oxygen atoms in total. The summed E-state index contributed by atoms with van der Waals surface area (Å²) in [5, 5.41) is 0. The van der Waals surface area contributed by atoms with Crippen molar-refractivity contribution in [2.24, 2.45) is 0 Å². The average Bonchev–Trinajstić information content (AvgIpc) is 2.73. The van der Waals surface area contributed by atoms with Crippen LogP contribution in [0.25, 0.3) is 6.08 Å². The van der Waals surface area contributed by atoms with Crippen LogP contribution in [0.5, 0.6) is 11.5 Å². The molecule has 1 aromatic rings. The Morgan fingerprint density at radius 2 is 2.57 bits per heavy atom. The zero-order valence-electron chi connectivity index (χ0n) is 8.73. The summed E-state index contributed by atoms with van der Waals surface area (Å²) < 4.78 is 22.3. The molecular weight excluding hydrogens is 180 g/mol. The van der Waals surface area contributed by atoms with Gasteiger partial charge in [0.15, 0.2) is 11.5 Å². The van der Waals surface area contributed by atoms with E-state index in [4.69, 9.17) is 15.6 Å². The lowest BCUT2D eigenvalue weighted by Gasteiger charge is -1.99. The Morgan fingerprint density at radius 3 is 3.50 bits per heavy atom. The van der Waals surface area contributed by atoms with Crippen LogP contribution in [0, 0.1) is 0 Å². The molecule has 0 spiro atoms. The fourth-order valence-corrected chi connectivity index (χ4v) is 1.33. The lowest BCUT2D eigenvalue weighted by molar-refractivity contribution is 0.173. The summed E-state index contributed by atoms with van der Waals surface area (Å²) in [5.41, 5.74) is 0.971. The molecular formula is C11H12O3. The van der Waals surface area contributed by atoms with Crippen LogP contribution >= 0.6 is 0 Å². The van der Waals surface area contributed by atoms with Gasteiger partial charge in [-0.2, -0.15) is 0 Å². The van der Waals surface area contributed by atoms with Gasteiger partial charge in [0.1, 0.15) is 0 Å². The normalized spacial score (nSPS) is 14.7. The number of ether oxygens (including phenoxy) is 3. The van der Waals surface area contributed by atoms with E-state index in [0.29, 0.717) is 6.61 Å². The van der Waals surface area contributed by atoms with Gasteiger partial charge in [-0.1, -0.05) is 24.3 Å². The Hall–Kier alpha value is -1.48. The number of fused-ring (bicyclic) bond motifs is 1. The molecule has 0 unspecified atom stereocenters. The van der Waals surface area contributed by atoms with E-state index in [0.717, 1.165) is 17.1 Å². The van der Waals surface area contributed by atoms with E-state index < -0.39 is 0 Å². The fourth-order valence-electron chi connectivity index (χ4n) is 1.33. The van der Waals surface area contributed by atoms with Crippen molar-refractivity contribution in [3.63, 3.8) is 0 Å². The van der Waals surface area contributed by atoms with E-state index in [1.807, 2.05) is 30.4 Å². The molecule has 1 heterocycles. The summed E-state index contributed by atoms with van der Waals surface area (Å²) in [6.45, 7) is 0.720. The fraction of sp³-hybridized carbons (Fsp3) is 0.273. The van der Waals surface area contributed by atoms with Gasteiger partial charge in [-0.3, -0.25) is 0 Å². The summed E-state index contributed by atoms with van der Waals surface area (Å²) in [7, 11) is -0.0170. The lowest BCUT2D eigenvalue weighted by Crippen LogP contribution is -1.93. The molecule has 1 aliphatic heterocycles. The Kier molecular flexibility index (Phi) is 2.34. The molecule has 2 rings (SSSR count). The quantitative estimate of drug-likeness (QED) is 0.688. The lowest BCUT2D eigenvalue weighted by atomic mass is 10.2. The smallest absolute Gasteiger partial charge is 0.231 e. The molecule has 0 N–H and O–H groups in total. The zero-order chi connectivity index (χ0) is 10.5. The highest BCUT2D eigenvalue weighted by Gasteiger charge is 2.14. The van der Waals surface area contributed by atoms with Crippen molar-refractivity contribution >= 4 is 6.08 Å². The maximum Gasteiger partial charge on any atom is 0.231 e. The van der Waals surface area contributed by atoms with E-state index >= 15 is 0 Å². The van der Waals surface area contributed by atoms with Crippen LogP contribution in [0.15, 0.2) is 24.3 Å². The van der Waals surface area contributed by atoms with Gasteiger partial charge in [0.25, 0.3) is 0 Å². The third-order valence-electron chi connectivity index (χ3n) is 1.94. The maximum atomic E-state index is 6.81. The summed E-state index contributed by atoms with van der Waals surface area (Å²) in [5.74, 6) is 1.55. The van der Waals surface area contributed by atoms with Gasteiger partial charge in [0.05, 0.1) is 7.98 Å². The third-order valence-corrected chi connectivity index (χ3v) is 1.94. The molecule has 0 saturated carbocycles. The molecule has 0 aromatic heterocycles. The van der Waals surface area contributed by atoms with Gasteiger partial charge >= 0.3 is 0 Å². The van der Waals surface area contributed by atoms with Gasteiger partial charge < -0.3 is 14.2 Å². The van der Waals surface area contributed by atoms with Crippen LogP contribution in [0.1, 0.15) is 6.93 Å². The Balaban J connectivity index is 2.08. The van der Waals surface area contributed by atoms with Crippen molar-refractivity contribution in [3.8, 4) is 11.5 Å². The van der Waals surface area contributed by atoms with Crippen LogP contribution in [0.3, 0.4) is 0 Å². The minimum Gasteiger partial charge on any atom is -0.454 e. The Labute approximate surface area is 84.3 Å². The average molecular weight is 193 g/mol. The van der Waals surface area contributed by atoms with E-state index in [1.54, 1.807) is 0 Å². The number of methoxy groups -OCH3 is 1. The van der Waals surface area contributed by atoms with Crippen molar-refractivity contribution in [3.05, 3.63) is 29.8 Å². The molecule has 14 heavy (non-hydrogen) atoms. The number of hydrogen-bond acceptors (Lipinski definition) is 3. The highest BCUT2D eigenvalue weighted by Crippen LogP contribution is 2.35. The molecule has 0 saturated heterocycles. The van der Waals surface area contributed by atoms with Crippen LogP contribution in [0.2, 0.25) is 0 Å². The standard InChI is InChI=1S/C11H12O3/c1-12-7-3-5-9-4-2-6-10-11(9)14-8-13-10/h2-6H,7-8H2,1H3/i1D. The van der Waals surface area contributed by atoms with Gasteiger partial charge in [-0.25, -0.2) is 0 Å². The van der Waals surface area contributed by atoms with Crippen molar-refractivity contribution in [1.29, 1.82) is 0 Å². The highest BCUT2D eigenvalue weighted by molar-refractivity contribution is 5.63. The summed E-state index contributed by atoms with van der Waals surface area (Å²) in [6, 6.07) is 5.74. The molecule has 0 amide bonds. The summed E-state index contributed by atoms with van der Waals surface area (Å²) >= 11 is 0. The number of benzene rings is 1. The number of rotatable bonds is 3. The first-order valence-corrected chi connectivity index (χ1v) is 4.34. The van der Waals surface area contributed by atoms with Gasteiger partial charge in [-0.15, -0.1) is 0 Å². The van der Waals surface area contributed by atoms with Gasteiger partial charge in [0.2, 0.25) is 6.79 Å². The molecule has 1 aliphatic rings. The maximum absolute atomic E-state index is 6.81. The van der Waals surface area contributed by atoms with Crippen LogP contribution in [0.4, 0.5) is 0 Å². The predicted molar refractivity (Wildman–Crippen MR) is 53.5 cm³/mol. The van der Waals surface area contributed by atoms with Gasteiger partial charge in [-0.05, 0) is 6.07 Å². The van der Waals surface area contributed by atoms with E-state index in [1.165, 1.54) is 0 Å². The largest absolute Gasteiger partial charge is 0.454 e. The Bertz CT molecular complexity index is 363. The summed E-state index contributed by atoms with van der Waals surface area (Å²) in [6.07, 6.45) is 3.76. The summed E-state index contributed by atoms with van der Waals surface area (Å²) in [4.78, 5) is 0. The zero-order valence-corrected chi connectivity index (χ0v) is 7.73. The first-order chi connectivity index (χ1) is 7.42. The topological polar surface area (TPSA) is 27.7 Å². The molecule has 0 aliphatic carbocycles.